The van der Waals surface area contributed by atoms with Gasteiger partial charge in [-0.15, -0.1) is 35.3 Å². The number of halogens is 4. The van der Waals surface area contributed by atoms with Gasteiger partial charge in [-0.3, -0.25) is 0 Å². The minimum Gasteiger partial charge on any atom is -0.444 e. The third-order valence-electron chi connectivity index (χ3n) is 3.10. The molecule has 0 aromatic carbocycles. The Balaban J connectivity index is 0.00000784. The molecule has 0 atom stereocenters. The van der Waals surface area contributed by atoms with Crippen molar-refractivity contribution in [2.45, 2.75) is 65.4 Å². The molecule has 0 aliphatic carbocycles. The van der Waals surface area contributed by atoms with E-state index in [-0.39, 0.29) is 35.5 Å². The van der Waals surface area contributed by atoms with Gasteiger partial charge in [-0.25, -0.2) is 14.8 Å². The first-order chi connectivity index (χ1) is 12.7. The first-order valence-corrected chi connectivity index (χ1v) is 9.65. The summed E-state index contributed by atoms with van der Waals surface area (Å²) in [6, 6.07) is 0. The fourth-order valence-electron chi connectivity index (χ4n) is 1.93. The highest BCUT2D eigenvalue weighted by Gasteiger charge is 2.33. The molecule has 0 spiro atoms. The van der Waals surface area contributed by atoms with Crippen LogP contribution in [0.3, 0.4) is 0 Å². The lowest BCUT2D eigenvalue weighted by Gasteiger charge is -2.29. The maximum atomic E-state index is 12.6. The fourth-order valence-corrected chi connectivity index (χ4v) is 2.66. The van der Waals surface area contributed by atoms with Gasteiger partial charge in [-0.2, -0.15) is 13.2 Å². The smallest absolute Gasteiger partial charge is 0.434 e. The van der Waals surface area contributed by atoms with Crippen LogP contribution in [0.15, 0.2) is 10.4 Å². The fraction of sp³-hybridized carbons (Fsp3) is 0.706. The summed E-state index contributed by atoms with van der Waals surface area (Å²) in [5.74, 6) is 0.408. The largest absolute Gasteiger partial charge is 0.444 e. The number of amides is 1. The van der Waals surface area contributed by atoms with Crippen molar-refractivity contribution < 1.29 is 22.7 Å². The zero-order chi connectivity index (χ0) is 21.6. The number of carbonyl (C=O) groups excluding carboxylic acids is 1. The van der Waals surface area contributed by atoms with Crippen LogP contribution in [0.4, 0.5) is 18.0 Å². The van der Waals surface area contributed by atoms with E-state index < -0.39 is 29.1 Å². The third-order valence-corrected chi connectivity index (χ3v) is 3.93. The average Bonchev–Trinajstić information content (AvgIpc) is 2.96. The van der Waals surface area contributed by atoms with Gasteiger partial charge in [0.25, 0.3) is 0 Å². The monoisotopic (exact) mass is 551 g/mol. The molecule has 12 heteroatoms. The van der Waals surface area contributed by atoms with Gasteiger partial charge in [-0.05, 0) is 41.5 Å². The molecule has 29 heavy (non-hydrogen) atoms. The third kappa shape index (κ3) is 11.5. The number of thiazole rings is 1. The number of alkyl halides is 3. The Bertz CT molecular complexity index is 687. The zero-order valence-corrected chi connectivity index (χ0v) is 20.5. The normalized spacial score (nSPS) is 12.8. The SMILES string of the molecule is CCNC(=NCc1nc(C(F)(F)F)cs1)NCC(C)(C)NC(=O)OC(C)(C)C.I. The van der Waals surface area contributed by atoms with Gasteiger partial charge < -0.3 is 20.7 Å². The molecule has 0 aliphatic rings. The molecule has 168 valence electrons. The molecule has 0 saturated carbocycles. The average molecular weight is 551 g/mol. The number of aliphatic imine (C=N–C) groups is 1. The Hall–Kier alpha value is -1.31. The molecule has 0 bridgehead atoms. The lowest BCUT2D eigenvalue weighted by atomic mass is 10.1. The number of hydrogen-bond donors (Lipinski definition) is 3. The van der Waals surface area contributed by atoms with Crippen molar-refractivity contribution in [1.29, 1.82) is 0 Å². The van der Waals surface area contributed by atoms with Crippen LogP contribution in [0.5, 0.6) is 0 Å². The second-order valence-corrected chi connectivity index (χ2v) is 8.63. The Morgan fingerprint density at radius 3 is 2.31 bits per heavy atom. The van der Waals surface area contributed by atoms with Gasteiger partial charge in [0.05, 0.1) is 12.1 Å². The van der Waals surface area contributed by atoms with Crippen molar-refractivity contribution in [3.05, 3.63) is 16.1 Å². The Labute approximate surface area is 190 Å². The van der Waals surface area contributed by atoms with E-state index in [4.69, 9.17) is 4.74 Å². The first kappa shape index (κ1) is 27.7. The van der Waals surface area contributed by atoms with Gasteiger partial charge >= 0.3 is 12.3 Å². The minimum atomic E-state index is -4.46. The Kier molecular flexibility index (Phi) is 10.7. The van der Waals surface area contributed by atoms with Crippen LogP contribution in [0, 0.1) is 0 Å². The number of rotatable bonds is 6. The van der Waals surface area contributed by atoms with Crippen molar-refractivity contribution in [3.63, 3.8) is 0 Å². The molecular formula is C17H29F3IN5O2S. The maximum Gasteiger partial charge on any atom is 0.434 e. The summed E-state index contributed by atoms with van der Waals surface area (Å²) >= 11 is 0.906. The molecule has 1 amide bonds. The van der Waals surface area contributed by atoms with Crippen molar-refractivity contribution in [1.82, 2.24) is 20.9 Å². The van der Waals surface area contributed by atoms with E-state index in [1.54, 1.807) is 20.8 Å². The quantitative estimate of drug-likeness (QED) is 0.281. The molecule has 0 aliphatic heterocycles. The molecule has 1 heterocycles. The van der Waals surface area contributed by atoms with Crippen LogP contribution < -0.4 is 16.0 Å². The zero-order valence-electron chi connectivity index (χ0n) is 17.4. The molecule has 1 aromatic heterocycles. The van der Waals surface area contributed by atoms with E-state index in [1.807, 2.05) is 20.8 Å². The van der Waals surface area contributed by atoms with E-state index in [2.05, 4.69) is 25.9 Å². The predicted molar refractivity (Wildman–Crippen MR) is 119 cm³/mol. The van der Waals surface area contributed by atoms with E-state index >= 15 is 0 Å². The van der Waals surface area contributed by atoms with Gasteiger partial charge in [0.2, 0.25) is 0 Å². The Morgan fingerprint density at radius 2 is 1.83 bits per heavy atom. The van der Waals surface area contributed by atoms with Gasteiger partial charge in [0.1, 0.15) is 10.6 Å². The number of nitrogens with one attached hydrogen (secondary N) is 3. The lowest BCUT2D eigenvalue weighted by molar-refractivity contribution is -0.140. The van der Waals surface area contributed by atoms with Gasteiger partial charge in [0, 0.05) is 18.5 Å². The van der Waals surface area contributed by atoms with Crippen LogP contribution in [0.2, 0.25) is 0 Å². The van der Waals surface area contributed by atoms with Gasteiger partial charge in [-0.1, -0.05) is 0 Å². The summed E-state index contributed by atoms with van der Waals surface area (Å²) in [5.41, 5.74) is -2.17. The second kappa shape index (κ2) is 11.2. The summed E-state index contributed by atoms with van der Waals surface area (Å²) in [5, 5.41) is 10.1. The number of aromatic nitrogens is 1. The molecule has 0 unspecified atom stereocenters. The molecule has 1 aromatic rings. The molecule has 0 fully saturated rings. The van der Waals surface area contributed by atoms with Crippen LogP contribution in [-0.4, -0.2) is 41.3 Å². The molecular weight excluding hydrogens is 522 g/mol. The highest BCUT2D eigenvalue weighted by Crippen LogP contribution is 2.30. The molecule has 7 nitrogen and oxygen atoms in total. The standard InChI is InChI=1S/C17H28F3N5O2S.HI/c1-7-21-13(22-8-12-24-11(9-28-12)17(18,19)20)23-10-16(5,6)25-14(26)27-15(2,3)4;/h9H,7-8,10H2,1-6H3,(H,25,26)(H2,21,22,23);1H. The van der Waals surface area contributed by atoms with Crippen LogP contribution >= 0.6 is 35.3 Å². The number of guanidine groups is 1. The lowest BCUT2D eigenvalue weighted by Crippen LogP contribution is -2.54. The van der Waals surface area contributed by atoms with E-state index in [9.17, 15) is 18.0 Å². The van der Waals surface area contributed by atoms with Crippen LogP contribution in [0.25, 0.3) is 0 Å². The van der Waals surface area contributed by atoms with Crippen molar-refractivity contribution in [3.8, 4) is 0 Å². The number of ether oxygens (including phenoxy) is 1. The molecule has 3 N–H and O–H groups in total. The van der Waals surface area contributed by atoms with Crippen LogP contribution in [-0.2, 0) is 17.5 Å². The Morgan fingerprint density at radius 1 is 1.21 bits per heavy atom. The van der Waals surface area contributed by atoms with Crippen LogP contribution in [0.1, 0.15) is 52.2 Å². The summed E-state index contributed by atoms with van der Waals surface area (Å²) < 4.78 is 43.1. The van der Waals surface area contributed by atoms with Crippen molar-refractivity contribution in [2.75, 3.05) is 13.1 Å². The molecule has 1 rings (SSSR count). The first-order valence-electron chi connectivity index (χ1n) is 8.77. The summed E-state index contributed by atoms with van der Waals surface area (Å²) in [7, 11) is 0. The van der Waals surface area contributed by atoms with Crippen molar-refractivity contribution >= 4 is 47.4 Å². The highest BCUT2D eigenvalue weighted by molar-refractivity contribution is 14.0. The minimum absolute atomic E-state index is 0. The second-order valence-electron chi connectivity index (χ2n) is 7.68. The predicted octanol–water partition coefficient (Wildman–Crippen LogP) is 4.14. The van der Waals surface area contributed by atoms with Gasteiger partial charge in [0.15, 0.2) is 11.7 Å². The highest BCUT2D eigenvalue weighted by atomic mass is 127. The summed E-state index contributed by atoms with van der Waals surface area (Å²) in [4.78, 5) is 19.7. The number of alkyl carbamates (subject to hydrolysis) is 1. The molecule has 0 radical (unpaired) electrons. The topological polar surface area (TPSA) is 87.6 Å². The summed E-state index contributed by atoms with van der Waals surface area (Å²) in [6.07, 6.45) is -5.00. The van der Waals surface area contributed by atoms with Crippen molar-refractivity contribution in [2.24, 2.45) is 4.99 Å². The number of hydrogen-bond acceptors (Lipinski definition) is 5. The summed E-state index contributed by atoms with van der Waals surface area (Å²) in [6.45, 7) is 11.7. The molecule has 0 saturated heterocycles. The number of nitrogens with zero attached hydrogens (tertiary/aromatic N) is 2. The van der Waals surface area contributed by atoms with E-state index in [0.29, 0.717) is 19.0 Å². The van der Waals surface area contributed by atoms with E-state index in [1.165, 1.54) is 0 Å². The maximum absolute atomic E-state index is 12.6. The van der Waals surface area contributed by atoms with E-state index in [0.717, 1.165) is 16.7 Å². The number of carbonyl (C=O) groups is 1.